The first-order chi connectivity index (χ1) is 16.6. The van der Waals surface area contributed by atoms with Crippen molar-refractivity contribution in [2.75, 3.05) is 31.2 Å². The van der Waals surface area contributed by atoms with Gasteiger partial charge in [-0.15, -0.1) is 0 Å². The zero-order chi connectivity index (χ0) is 25.2. The van der Waals surface area contributed by atoms with Crippen molar-refractivity contribution in [2.24, 2.45) is 0 Å². The van der Waals surface area contributed by atoms with Crippen LogP contribution >= 0.6 is 0 Å². The van der Waals surface area contributed by atoms with Gasteiger partial charge in [-0.05, 0) is 47.9 Å². The van der Waals surface area contributed by atoms with Gasteiger partial charge in [0.1, 0.15) is 5.82 Å². The number of nitrogens with zero attached hydrogens (tertiary/aromatic N) is 3. The Morgan fingerprint density at radius 1 is 1.09 bits per heavy atom. The van der Waals surface area contributed by atoms with E-state index < -0.39 is 23.5 Å². The Morgan fingerprint density at radius 2 is 1.74 bits per heavy atom. The highest BCUT2D eigenvalue weighted by Gasteiger charge is 2.34. The quantitative estimate of drug-likeness (QED) is 0.499. The number of amides is 1. The number of ether oxygens (including phenoxy) is 1. The second-order valence-corrected chi connectivity index (χ2v) is 8.61. The molecule has 1 aromatic heterocycles. The van der Waals surface area contributed by atoms with Gasteiger partial charge >= 0.3 is 6.18 Å². The molecule has 0 saturated carbocycles. The van der Waals surface area contributed by atoms with E-state index in [4.69, 9.17) is 4.74 Å². The summed E-state index contributed by atoms with van der Waals surface area (Å²) in [6.07, 6.45) is -3.20. The van der Waals surface area contributed by atoms with Gasteiger partial charge in [-0.2, -0.15) is 18.3 Å². The summed E-state index contributed by atoms with van der Waals surface area (Å²) in [5.74, 6) is -1.06. The van der Waals surface area contributed by atoms with Crippen molar-refractivity contribution in [3.8, 4) is 5.69 Å². The summed E-state index contributed by atoms with van der Waals surface area (Å²) in [5.41, 5.74) is 1.06. The fourth-order valence-electron chi connectivity index (χ4n) is 4.15. The van der Waals surface area contributed by atoms with E-state index in [-0.39, 0.29) is 23.6 Å². The van der Waals surface area contributed by atoms with E-state index in [0.717, 1.165) is 6.07 Å². The van der Waals surface area contributed by atoms with Crippen molar-refractivity contribution in [3.05, 3.63) is 76.9 Å². The zero-order valence-corrected chi connectivity index (χ0v) is 19.4. The molecule has 1 fully saturated rings. The van der Waals surface area contributed by atoms with E-state index in [1.165, 1.54) is 29.1 Å². The van der Waals surface area contributed by atoms with Gasteiger partial charge < -0.3 is 15.0 Å². The summed E-state index contributed by atoms with van der Waals surface area (Å²) >= 11 is 0. The van der Waals surface area contributed by atoms with E-state index in [2.05, 4.69) is 10.4 Å². The SMILES string of the molecule is CC(C)c1c(C(=O)NCc2ccc(N3CCOCC3)cc2C(F)(F)F)cnn1-c1ccc(F)cc1. The third-order valence-corrected chi connectivity index (χ3v) is 5.88. The predicted molar refractivity (Wildman–Crippen MR) is 123 cm³/mol. The van der Waals surface area contributed by atoms with Crippen LogP contribution in [0.15, 0.2) is 48.7 Å². The minimum absolute atomic E-state index is 0.0279. The Morgan fingerprint density at radius 3 is 2.37 bits per heavy atom. The van der Waals surface area contributed by atoms with Gasteiger partial charge in [-0.1, -0.05) is 19.9 Å². The van der Waals surface area contributed by atoms with Crippen molar-refractivity contribution < 1.29 is 27.1 Å². The number of carbonyl (C=O) groups excluding carboxylic acids is 1. The fraction of sp³-hybridized carbons (Fsp3) is 0.360. The lowest BCUT2D eigenvalue weighted by atomic mass is 10.0. The summed E-state index contributed by atoms with van der Waals surface area (Å²) < 4.78 is 61.6. The lowest BCUT2D eigenvalue weighted by molar-refractivity contribution is -0.138. The van der Waals surface area contributed by atoms with Crippen LogP contribution in [0, 0.1) is 5.82 Å². The normalized spacial score (nSPS) is 14.4. The van der Waals surface area contributed by atoms with Gasteiger partial charge in [-0.3, -0.25) is 4.79 Å². The number of rotatable bonds is 6. The molecular formula is C25H26F4N4O2. The molecule has 3 aromatic rings. The number of hydrogen-bond acceptors (Lipinski definition) is 4. The lowest BCUT2D eigenvalue weighted by Gasteiger charge is -2.29. The number of carbonyl (C=O) groups is 1. The van der Waals surface area contributed by atoms with Crippen LogP contribution in [-0.2, 0) is 17.5 Å². The van der Waals surface area contributed by atoms with Crippen LogP contribution < -0.4 is 10.2 Å². The standard InChI is InChI=1S/C25H26F4N4O2/c1-16(2)23-21(15-31-33(23)19-7-4-18(26)5-8-19)24(34)30-14-17-3-6-20(13-22(17)25(27,28)29)32-9-11-35-12-10-32/h3-8,13,15-16H,9-12,14H2,1-2H3,(H,30,34). The van der Waals surface area contributed by atoms with E-state index >= 15 is 0 Å². The summed E-state index contributed by atoms with van der Waals surface area (Å²) in [6.45, 7) is 5.41. The summed E-state index contributed by atoms with van der Waals surface area (Å²) in [7, 11) is 0. The molecule has 0 atom stereocenters. The molecule has 2 heterocycles. The number of anilines is 1. The first-order valence-electron chi connectivity index (χ1n) is 11.3. The second kappa shape index (κ2) is 10.1. The van der Waals surface area contributed by atoms with Gasteiger partial charge in [0.05, 0.1) is 41.9 Å². The van der Waals surface area contributed by atoms with Gasteiger partial charge in [-0.25, -0.2) is 9.07 Å². The zero-order valence-electron chi connectivity index (χ0n) is 19.4. The molecule has 0 aliphatic carbocycles. The summed E-state index contributed by atoms with van der Waals surface area (Å²) in [5, 5.41) is 6.88. The molecule has 1 aliphatic rings. The van der Waals surface area contributed by atoms with Gasteiger partial charge in [0.15, 0.2) is 0 Å². The van der Waals surface area contributed by atoms with Crippen LogP contribution in [0.3, 0.4) is 0 Å². The third-order valence-electron chi connectivity index (χ3n) is 5.88. The first kappa shape index (κ1) is 24.7. The van der Waals surface area contributed by atoms with Crippen molar-refractivity contribution >= 4 is 11.6 Å². The highest BCUT2D eigenvalue weighted by molar-refractivity contribution is 5.95. The van der Waals surface area contributed by atoms with E-state index in [9.17, 15) is 22.4 Å². The van der Waals surface area contributed by atoms with Crippen LogP contribution in [0.5, 0.6) is 0 Å². The molecule has 0 radical (unpaired) electrons. The van der Waals surface area contributed by atoms with Crippen molar-refractivity contribution in [2.45, 2.75) is 32.5 Å². The third kappa shape index (κ3) is 5.48. The van der Waals surface area contributed by atoms with E-state index in [1.54, 1.807) is 18.2 Å². The Balaban J connectivity index is 1.57. The van der Waals surface area contributed by atoms with E-state index in [1.807, 2.05) is 18.7 Å². The predicted octanol–water partition coefficient (Wildman–Crippen LogP) is 4.92. The number of hydrogen-bond donors (Lipinski definition) is 1. The van der Waals surface area contributed by atoms with Gasteiger partial charge in [0, 0.05) is 25.3 Å². The molecule has 0 spiro atoms. The number of nitrogens with one attached hydrogen (secondary N) is 1. The van der Waals surface area contributed by atoms with Crippen molar-refractivity contribution in [1.29, 1.82) is 0 Å². The summed E-state index contributed by atoms with van der Waals surface area (Å²) in [4.78, 5) is 14.8. The number of halogens is 4. The largest absolute Gasteiger partial charge is 0.416 e. The first-order valence-corrected chi connectivity index (χ1v) is 11.3. The number of alkyl halides is 3. The minimum atomic E-state index is -4.57. The fourth-order valence-corrected chi connectivity index (χ4v) is 4.15. The van der Waals surface area contributed by atoms with E-state index in [0.29, 0.717) is 43.4 Å². The second-order valence-electron chi connectivity index (χ2n) is 8.61. The molecule has 1 saturated heterocycles. The van der Waals surface area contributed by atoms with Crippen molar-refractivity contribution in [1.82, 2.24) is 15.1 Å². The Hall–Kier alpha value is -3.40. The average Bonchev–Trinajstić information content (AvgIpc) is 3.28. The Labute approximate surface area is 200 Å². The topological polar surface area (TPSA) is 59.4 Å². The van der Waals surface area contributed by atoms with Crippen molar-refractivity contribution in [3.63, 3.8) is 0 Å². The highest BCUT2D eigenvalue weighted by Crippen LogP contribution is 2.35. The van der Waals surface area contributed by atoms with Crippen LogP contribution in [0.1, 0.15) is 46.9 Å². The molecule has 0 unspecified atom stereocenters. The molecule has 6 nitrogen and oxygen atoms in total. The molecule has 10 heteroatoms. The molecule has 1 N–H and O–H groups in total. The monoisotopic (exact) mass is 490 g/mol. The Kier molecular flexibility index (Phi) is 7.11. The van der Waals surface area contributed by atoms with Gasteiger partial charge in [0.25, 0.3) is 5.91 Å². The molecular weight excluding hydrogens is 464 g/mol. The maximum Gasteiger partial charge on any atom is 0.416 e. The minimum Gasteiger partial charge on any atom is -0.378 e. The molecule has 1 amide bonds. The number of benzene rings is 2. The maximum atomic E-state index is 13.8. The molecule has 1 aliphatic heterocycles. The number of morpholine rings is 1. The molecule has 35 heavy (non-hydrogen) atoms. The average molecular weight is 491 g/mol. The van der Waals surface area contributed by atoms with Gasteiger partial charge in [0.2, 0.25) is 0 Å². The van der Waals surface area contributed by atoms with Crippen LogP contribution in [-0.4, -0.2) is 42.0 Å². The van der Waals surface area contributed by atoms with Crippen LogP contribution in [0.25, 0.3) is 5.69 Å². The highest BCUT2D eigenvalue weighted by atomic mass is 19.4. The lowest BCUT2D eigenvalue weighted by Crippen LogP contribution is -2.36. The molecule has 0 bridgehead atoms. The molecule has 2 aromatic carbocycles. The molecule has 186 valence electrons. The maximum absolute atomic E-state index is 13.8. The number of aromatic nitrogens is 2. The van der Waals surface area contributed by atoms with Crippen LogP contribution in [0.4, 0.5) is 23.2 Å². The molecule has 4 rings (SSSR count). The Bertz CT molecular complexity index is 1180. The smallest absolute Gasteiger partial charge is 0.378 e. The summed E-state index contributed by atoms with van der Waals surface area (Å²) in [6, 6.07) is 9.83. The van der Waals surface area contributed by atoms with Crippen LogP contribution in [0.2, 0.25) is 0 Å².